The number of alkyl halides is 2. The zero-order valence-corrected chi connectivity index (χ0v) is 6.30. The highest BCUT2D eigenvalue weighted by atomic mass is 19.3. The van der Waals surface area contributed by atoms with Gasteiger partial charge in [0, 0.05) is 5.56 Å². The lowest BCUT2D eigenvalue weighted by Gasteiger charge is -2.14. The molecule has 0 aliphatic rings. The molecule has 1 rings (SSSR count). The summed E-state index contributed by atoms with van der Waals surface area (Å²) >= 11 is 0. The van der Waals surface area contributed by atoms with Gasteiger partial charge in [-0.2, -0.15) is 8.78 Å². The van der Waals surface area contributed by atoms with E-state index in [0.29, 0.717) is 0 Å². The molecule has 0 unspecified atom stereocenters. The minimum Gasteiger partial charge on any atom is -0.506 e. The zero-order valence-electron chi connectivity index (χ0n) is 6.30. The first-order chi connectivity index (χ1) is 5.55. The van der Waals surface area contributed by atoms with Gasteiger partial charge in [-0.25, -0.2) is 0 Å². The van der Waals surface area contributed by atoms with Crippen molar-refractivity contribution < 1.29 is 13.9 Å². The number of aliphatic hydroxyl groups is 1. The van der Waals surface area contributed by atoms with Crippen LogP contribution in [0, 0.1) is 0 Å². The van der Waals surface area contributed by atoms with Crippen molar-refractivity contribution in [2.24, 2.45) is 0 Å². The number of benzene rings is 1. The fourth-order valence-corrected chi connectivity index (χ4v) is 0.814. The second kappa shape index (κ2) is 2.93. The van der Waals surface area contributed by atoms with E-state index in [9.17, 15) is 8.78 Å². The van der Waals surface area contributed by atoms with Gasteiger partial charge in [-0.15, -0.1) is 0 Å². The highest BCUT2D eigenvalue weighted by Gasteiger charge is 2.34. The number of halogens is 2. The highest BCUT2D eigenvalue weighted by molar-refractivity contribution is 5.25. The summed E-state index contributed by atoms with van der Waals surface area (Å²) in [7, 11) is 0. The largest absolute Gasteiger partial charge is 0.506 e. The fourth-order valence-electron chi connectivity index (χ4n) is 0.814. The van der Waals surface area contributed by atoms with E-state index in [1.807, 2.05) is 0 Å². The van der Waals surface area contributed by atoms with Gasteiger partial charge in [-0.3, -0.25) is 0 Å². The third-order valence-corrected chi connectivity index (χ3v) is 1.50. The first-order valence-electron chi connectivity index (χ1n) is 3.37. The van der Waals surface area contributed by atoms with Gasteiger partial charge in [0.2, 0.25) is 0 Å². The smallest absolute Gasteiger partial charge is 0.328 e. The Kier molecular flexibility index (Phi) is 2.13. The van der Waals surface area contributed by atoms with Crippen molar-refractivity contribution >= 4 is 0 Å². The molecule has 1 N–H and O–H groups in total. The molecule has 0 heterocycles. The van der Waals surface area contributed by atoms with E-state index in [0.717, 1.165) is 0 Å². The Morgan fingerprint density at radius 2 is 1.75 bits per heavy atom. The first kappa shape index (κ1) is 8.71. The Morgan fingerprint density at radius 1 is 1.25 bits per heavy atom. The molecular formula is C9H8F2O. The number of hydrogen-bond donors (Lipinski definition) is 1. The van der Waals surface area contributed by atoms with Crippen LogP contribution in [0.15, 0.2) is 42.7 Å². The molecule has 0 bridgehead atoms. The highest BCUT2D eigenvalue weighted by Crippen LogP contribution is 2.32. The van der Waals surface area contributed by atoms with E-state index in [4.69, 9.17) is 5.11 Å². The molecule has 0 aliphatic heterocycles. The molecule has 0 atom stereocenters. The fraction of sp³-hybridized carbons (Fsp3) is 0.111. The van der Waals surface area contributed by atoms with Crippen LogP contribution in [0.2, 0.25) is 0 Å². The van der Waals surface area contributed by atoms with Crippen LogP contribution >= 0.6 is 0 Å². The van der Waals surface area contributed by atoms with Crippen LogP contribution in [0.25, 0.3) is 0 Å². The minimum atomic E-state index is -3.35. The summed E-state index contributed by atoms with van der Waals surface area (Å²) < 4.78 is 25.9. The summed E-state index contributed by atoms with van der Waals surface area (Å²) in [5.74, 6) is -4.48. The molecule has 0 aromatic heterocycles. The van der Waals surface area contributed by atoms with Gasteiger partial charge >= 0.3 is 5.92 Å². The van der Waals surface area contributed by atoms with Crippen molar-refractivity contribution in [3.63, 3.8) is 0 Å². The molecule has 0 radical (unpaired) electrons. The zero-order chi connectivity index (χ0) is 9.19. The standard InChI is InChI=1S/C9H8F2O/c1-7(12)9(10,11)8-5-3-2-4-6-8/h2-6,12H,1H2. The Hall–Kier alpha value is -1.38. The maximum Gasteiger partial charge on any atom is 0.328 e. The molecule has 0 aliphatic carbocycles. The van der Waals surface area contributed by atoms with E-state index >= 15 is 0 Å². The van der Waals surface area contributed by atoms with E-state index in [-0.39, 0.29) is 5.56 Å². The van der Waals surface area contributed by atoms with Crippen molar-refractivity contribution in [3.8, 4) is 0 Å². The lowest BCUT2D eigenvalue weighted by Crippen LogP contribution is -2.15. The Balaban J connectivity index is 3.06. The Morgan fingerprint density at radius 3 is 2.17 bits per heavy atom. The van der Waals surface area contributed by atoms with Crippen molar-refractivity contribution in [2.75, 3.05) is 0 Å². The van der Waals surface area contributed by atoms with Crippen molar-refractivity contribution in [2.45, 2.75) is 5.92 Å². The van der Waals surface area contributed by atoms with Crippen LogP contribution in [0.1, 0.15) is 5.56 Å². The molecule has 0 saturated carbocycles. The molecule has 1 nitrogen and oxygen atoms in total. The van der Waals surface area contributed by atoms with Gasteiger partial charge in [-0.05, 0) is 0 Å². The topological polar surface area (TPSA) is 20.2 Å². The van der Waals surface area contributed by atoms with E-state index < -0.39 is 11.7 Å². The molecule has 0 spiro atoms. The summed E-state index contributed by atoms with van der Waals surface area (Å²) in [6.07, 6.45) is 0. The van der Waals surface area contributed by atoms with Crippen molar-refractivity contribution in [3.05, 3.63) is 48.2 Å². The van der Waals surface area contributed by atoms with Gasteiger partial charge in [-0.1, -0.05) is 36.9 Å². The van der Waals surface area contributed by atoms with Crippen LogP contribution < -0.4 is 0 Å². The number of aliphatic hydroxyl groups excluding tert-OH is 1. The molecule has 0 saturated heterocycles. The van der Waals surface area contributed by atoms with Crippen LogP contribution in [0.5, 0.6) is 0 Å². The Labute approximate surface area is 69.0 Å². The maximum atomic E-state index is 12.9. The molecule has 3 heteroatoms. The SMILES string of the molecule is C=C(O)C(F)(F)c1ccccc1. The molecule has 1 aromatic rings. The third-order valence-electron chi connectivity index (χ3n) is 1.50. The van der Waals surface area contributed by atoms with Gasteiger partial charge in [0.25, 0.3) is 0 Å². The Bertz CT molecular complexity index is 280. The molecule has 12 heavy (non-hydrogen) atoms. The van der Waals surface area contributed by atoms with Crippen LogP contribution in [-0.4, -0.2) is 5.11 Å². The predicted molar refractivity (Wildman–Crippen MR) is 42.1 cm³/mol. The van der Waals surface area contributed by atoms with Crippen LogP contribution in [0.4, 0.5) is 8.78 Å². The second-order valence-electron chi connectivity index (χ2n) is 2.39. The van der Waals surface area contributed by atoms with Crippen LogP contribution in [-0.2, 0) is 5.92 Å². The monoisotopic (exact) mass is 170 g/mol. The second-order valence-corrected chi connectivity index (χ2v) is 2.39. The molecular weight excluding hydrogens is 162 g/mol. The lowest BCUT2D eigenvalue weighted by atomic mass is 10.1. The predicted octanol–water partition coefficient (Wildman–Crippen LogP) is 2.85. The van der Waals surface area contributed by atoms with Crippen molar-refractivity contribution in [1.82, 2.24) is 0 Å². The third kappa shape index (κ3) is 1.44. The quantitative estimate of drug-likeness (QED) is 0.676. The van der Waals surface area contributed by atoms with Gasteiger partial charge in [0.15, 0.2) is 5.76 Å². The number of allylic oxidation sites excluding steroid dienone is 1. The van der Waals surface area contributed by atoms with Crippen molar-refractivity contribution in [1.29, 1.82) is 0 Å². The van der Waals surface area contributed by atoms with Crippen LogP contribution in [0.3, 0.4) is 0 Å². The number of rotatable bonds is 2. The van der Waals surface area contributed by atoms with Gasteiger partial charge in [0.1, 0.15) is 0 Å². The maximum absolute atomic E-state index is 12.9. The summed E-state index contributed by atoms with van der Waals surface area (Å²) in [6.45, 7) is 2.81. The molecule has 1 aromatic carbocycles. The average Bonchev–Trinajstić information content (AvgIpc) is 2.06. The van der Waals surface area contributed by atoms with Gasteiger partial charge in [0.05, 0.1) is 0 Å². The molecule has 0 fully saturated rings. The van der Waals surface area contributed by atoms with E-state index in [1.165, 1.54) is 24.3 Å². The molecule has 64 valence electrons. The minimum absolute atomic E-state index is 0.252. The first-order valence-corrected chi connectivity index (χ1v) is 3.37. The average molecular weight is 170 g/mol. The summed E-state index contributed by atoms with van der Waals surface area (Å²) in [4.78, 5) is 0. The van der Waals surface area contributed by atoms with E-state index in [2.05, 4.69) is 6.58 Å². The summed E-state index contributed by atoms with van der Waals surface area (Å²) in [5, 5.41) is 8.59. The van der Waals surface area contributed by atoms with E-state index in [1.54, 1.807) is 6.07 Å². The summed E-state index contributed by atoms with van der Waals surface area (Å²) in [5.41, 5.74) is -0.252. The number of hydrogen-bond acceptors (Lipinski definition) is 1. The molecule has 0 amide bonds. The van der Waals surface area contributed by atoms with Gasteiger partial charge < -0.3 is 5.11 Å². The normalized spacial score (nSPS) is 11.2. The summed E-state index contributed by atoms with van der Waals surface area (Å²) in [6, 6.07) is 7.06. The lowest BCUT2D eigenvalue weighted by molar-refractivity contribution is -0.00424.